The van der Waals surface area contributed by atoms with E-state index in [-0.39, 0.29) is 18.5 Å². The van der Waals surface area contributed by atoms with Crippen molar-refractivity contribution in [3.8, 4) is 10.7 Å². The predicted molar refractivity (Wildman–Crippen MR) is 112 cm³/mol. The minimum absolute atomic E-state index is 0.142. The first-order valence-corrected chi connectivity index (χ1v) is 10.5. The maximum atomic E-state index is 13.3. The number of urea groups is 1. The maximum Gasteiger partial charge on any atom is 0.325 e. The highest BCUT2D eigenvalue weighted by Crippen LogP contribution is 2.34. The summed E-state index contributed by atoms with van der Waals surface area (Å²) in [5.74, 6) is -0.235. The van der Waals surface area contributed by atoms with E-state index in [9.17, 15) is 9.59 Å². The lowest BCUT2D eigenvalue weighted by molar-refractivity contribution is -0.132. The van der Waals surface area contributed by atoms with Crippen LogP contribution in [0.5, 0.6) is 0 Å². The second-order valence-electron chi connectivity index (χ2n) is 6.99. The molecule has 0 saturated carbocycles. The Morgan fingerprint density at radius 1 is 1.10 bits per heavy atom. The topological polar surface area (TPSA) is 75.2 Å². The molecule has 148 valence electrons. The summed E-state index contributed by atoms with van der Waals surface area (Å²) in [6.07, 6.45) is 3.12. The molecule has 29 heavy (non-hydrogen) atoms. The Balaban J connectivity index is 1.58. The number of aromatic nitrogens is 2. The van der Waals surface area contributed by atoms with Gasteiger partial charge in [-0.15, -0.1) is 11.3 Å². The summed E-state index contributed by atoms with van der Waals surface area (Å²) >= 11 is 1.45. The number of hydrogen-bond acceptors (Lipinski definition) is 5. The van der Waals surface area contributed by atoms with E-state index in [0.29, 0.717) is 12.1 Å². The number of pyridine rings is 1. The molecule has 6 nitrogen and oxygen atoms in total. The van der Waals surface area contributed by atoms with Crippen molar-refractivity contribution >= 4 is 23.3 Å². The summed E-state index contributed by atoms with van der Waals surface area (Å²) in [4.78, 5) is 36.1. The van der Waals surface area contributed by atoms with Crippen LogP contribution in [0.2, 0.25) is 0 Å². The highest BCUT2D eigenvalue weighted by atomic mass is 32.1. The number of nitrogens with zero attached hydrogens (tertiary/aromatic N) is 3. The number of thiazole rings is 1. The van der Waals surface area contributed by atoms with Crippen molar-refractivity contribution in [2.45, 2.75) is 38.8 Å². The van der Waals surface area contributed by atoms with Crippen LogP contribution in [0.4, 0.5) is 4.79 Å². The average molecular weight is 407 g/mol. The summed E-state index contributed by atoms with van der Waals surface area (Å²) in [5, 5.41) is 5.57. The third-order valence-electron chi connectivity index (χ3n) is 5.32. The maximum absolute atomic E-state index is 13.3. The molecular formula is C22H22N4O2S. The SMILES string of the molecule is CCc1ccc([C@]2(CC)NC(=O)N(Cc3csc(-c4ccccn4)n3)C2=O)cc1. The Morgan fingerprint density at radius 2 is 1.90 bits per heavy atom. The van der Waals surface area contributed by atoms with Gasteiger partial charge < -0.3 is 5.32 Å². The number of nitrogens with one attached hydrogen (secondary N) is 1. The summed E-state index contributed by atoms with van der Waals surface area (Å²) < 4.78 is 0. The molecule has 1 aliphatic rings. The molecule has 2 aromatic heterocycles. The Bertz CT molecular complexity index is 1030. The quantitative estimate of drug-likeness (QED) is 0.625. The number of hydrogen-bond donors (Lipinski definition) is 1. The van der Waals surface area contributed by atoms with Gasteiger partial charge in [0.25, 0.3) is 5.91 Å². The predicted octanol–water partition coefficient (Wildman–Crippen LogP) is 4.12. The van der Waals surface area contributed by atoms with Gasteiger partial charge in [0.15, 0.2) is 0 Å². The molecule has 1 saturated heterocycles. The Hall–Kier alpha value is -3.06. The van der Waals surface area contributed by atoms with Crippen LogP contribution < -0.4 is 5.32 Å². The van der Waals surface area contributed by atoms with E-state index in [0.717, 1.165) is 22.7 Å². The zero-order chi connectivity index (χ0) is 20.4. The molecule has 0 unspecified atom stereocenters. The molecular weight excluding hydrogens is 384 g/mol. The van der Waals surface area contributed by atoms with Crippen LogP contribution in [-0.4, -0.2) is 26.8 Å². The first kappa shape index (κ1) is 19.3. The Kier molecular flexibility index (Phi) is 5.15. The number of imide groups is 1. The third-order valence-corrected chi connectivity index (χ3v) is 6.23. The molecule has 7 heteroatoms. The number of benzene rings is 1. The van der Waals surface area contributed by atoms with Crippen LogP contribution in [0, 0.1) is 0 Å². The van der Waals surface area contributed by atoms with Crippen molar-refractivity contribution in [1.82, 2.24) is 20.2 Å². The third kappa shape index (κ3) is 3.42. The van der Waals surface area contributed by atoms with Crippen molar-refractivity contribution in [2.24, 2.45) is 0 Å². The number of aryl methyl sites for hydroxylation is 1. The molecule has 3 amide bonds. The van der Waals surface area contributed by atoms with Crippen LogP contribution in [0.25, 0.3) is 10.7 Å². The van der Waals surface area contributed by atoms with Gasteiger partial charge in [-0.05, 0) is 36.1 Å². The van der Waals surface area contributed by atoms with Crippen molar-refractivity contribution in [3.05, 3.63) is 70.9 Å². The molecule has 1 aromatic carbocycles. The molecule has 1 atom stereocenters. The van der Waals surface area contributed by atoms with E-state index in [1.165, 1.54) is 21.8 Å². The number of carbonyl (C=O) groups is 2. The van der Waals surface area contributed by atoms with Gasteiger partial charge >= 0.3 is 6.03 Å². The standard InChI is InChI=1S/C22H22N4O2S/c1-3-15-8-10-16(11-9-15)22(4-2)20(27)26(21(28)25-22)13-17-14-29-19(24-17)18-7-5-6-12-23-18/h5-12,14H,3-4,13H2,1-2H3,(H,25,28)/t22-/m0/s1. The van der Waals surface area contributed by atoms with Gasteiger partial charge in [-0.2, -0.15) is 0 Å². The van der Waals surface area contributed by atoms with E-state index < -0.39 is 5.54 Å². The van der Waals surface area contributed by atoms with Crippen LogP contribution >= 0.6 is 11.3 Å². The van der Waals surface area contributed by atoms with Gasteiger partial charge in [0.05, 0.1) is 17.9 Å². The largest absolute Gasteiger partial charge is 0.325 e. The zero-order valence-electron chi connectivity index (χ0n) is 16.4. The highest BCUT2D eigenvalue weighted by molar-refractivity contribution is 7.13. The van der Waals surface area contributed by atoms with E-state index in [1.807, 2.05) is 54.8 Å². The summed E-state index contributed by atoms with van der Waals surface area (Å²) in [6.45, 7) is 4.14. The summed E-state index contributed by atoms with van der Waals surface area (Å²) in [6, 6.07) is 13.1. The van der Waals surface area contributed by atoms with Gasteiger partial charge in [0, 0.05) is 11.6 Å². The van der Waals surface area contributed by atoms with Gasteiger partial charge in [0.1, 0.15) is 10.5 Å². The first-order valence-electron chi connectivity index (χ1n) is 9.66. The molecule has 1 fully saturated rings. The van der Waals surface area contributed by atoms with Crippen molar-refractivity contribution in [2.75, 3.05) is 0 Å². The number of carbonyl (C=O) groups excluding carboxylic acids is 2. The van der Waals surface area contributed by atoms with Gasteiger partial charge in [-0.1, -0.05) is 44.2 Å². The average Bonchev–Trinajstić information content (AvgIpc) is 3.33. The fourth-order valence-electron chi connectivity index (χ4n) is 3.58. The van der Waals surface area contributed by atoms with E-state index in [4.69, 9.17) is 0 Å². The van der Waals surface area contributed by atoms with Crippen LogP contribution in [0.15, 0.2) is 54.0 Å². The summed E-state index contributed by atoms with van der Waals surface area (Å²) in [7, 11) is 0. The van der Waals surface area contributed by atoms with Crippen LogP contribution in [0.3, 0.4) is 0 Å². The van der Waals surface area contributed by atoms with Crippen LogP contribution in [-0.2, 0) is 23.3 Å². The van der Waals surface area contributed by atoms with Crippen LogP contribution in [0.1, 0.15) is 37.1 Å². The van der Waals surface area contributed by atoms with E-state index >= 15 is 0 Å². The second kappa shape index (κ2) is 7.75. The molecule has 3 heterocycles. The van der Waals surface area contributed by atoms with Gasteiger partial charge in [-0.3, -0.25) is 14.7 Å². The number of rotatable bonds is 6. The van der Waals surface area contributed by atoms with Gasteiger partial charge in [0.2, 0.25) is 0 Å². The minimum atomic E-state index is -1.02. The molecule has 0 bridgehead atoms. The smallest absolute Gasteiger partial charge is 0.319 e. The van der Waals surface area contributed by atoms with Crippen molar-refractivity contribution in [3.63, 3.8) is 0 Å². The zero-order valence-corrected chi connectivity index (χ0v) is 17.2. The molecule has 3 aromatic rings. The molecule has 0 radical (unpaired) electrons. The van der Waals surface area contributed by atoms with E-state index in [2.05, 4.69) is 22.2 Å². The number of amides is 3. The molecule has 1 N–H and O–H groups in total. The lowest BCUT2D eigenvalue weighted by atomic mass is 9.86. The molecule has 0 aliphatic carbocycles. The lowest BCUT2D eigenvalue weighted by Gasteiger charge is -2.26. The normalized spacial score (nSPS) is 18.9. The van der Waals surface area contributed by atoms with E-state index in [1.54, 1.807) is 6.20 Å². The van der Waals surface area contributed by atoms with Gasteiger partial charge in [-0.25, -0.2) is 9.78 Å². The van der Waals surface area contributed by atoms with Crippen molar-refractivity contribution in [1.29, 1.82) is 0 Å². The fourth-order valence-corrected chi connectivity index (χ4v) is 4.37. The lowest BCUT2D eigenvalue weighted by Crippen LogP contribution is -2.43. The minimum Gasteiger partial charge on any atom is -0.319 e. The summed E-state index contributed by atoms with van der Waals surface area (Å²) in [5.41, 5.74) is 2.43. The Morgan fingerprint density at radius 3 is 2.55 bits per heavy atom. The highest BCUT2D eigenvalue weighted by Gasteiger charge is 2.51. The Labute approximate surface area is 173 Å². The monoisotopic (exact) mass is 406 g/mol. The molecule has 0 spiro atoms. The second-order valence-corrected chi connectivity index (χ2v) is 7.85. The molecule has 1 aliphatic heterocycles. The fraction of sp³-hybridized carbons (Fsp3) is 0.273. The molecule has 4 rings (SSSR count). The first-order chi connectivity index (χ1) is 14.1. The van der Waals surface area contributed by atoms with Crippen molar-refractivity contribution < 1.29 is 9.59 Å².